The molecule has 0 radical (unpaired) electrons. The molecule has 3 rings (SSSR count). The number of para-hydroxylation sites is 2. The summed E-state index contributed by atoms with van der Waals surface area (Å²) in [6.45, 7) is 2.23. The summed E-state index contributed by atoms with van der Waals surface area (Å²) in [5, 5.41) is 2.94. The molecule has 3 N–H and O–H groups in total. The van der Waals surface area contributed by atoms with Crippen LogP contribution in [0.25, 0.3) is 0 Å². The first-order valence-electron chi connectivity index (χ1n) is 9.27. The molecule has 7 heteroatoms. The lowest BCUT2D eigenvalue weighted by atomic mass is 9.85. The standard InChI is InChI=1S/C19H27N3O4/c20-15-5-3-4-14(12-15)19(24)21-16-6-1-2-7-17(16)26-13-18(23)22-8-10-25-11-9-22/h1-2,6-7,14-15H,3-5,8-13,20H2,(H,21,24). The van der Waals surface area contributed by atoms with Gasteiger partial charge in [0.2, 0.25) is 5.91 Å². The van der Waals surface area contributed by atoms with E-state index in [1.54, 1.807) is 17.0 Å². The predicted octanol–water partition coefficient (Wildman–Crippen LogP) is 1.38. The van der Waals surface area contributed by atoms with Crippen molar-refractivity contribution in [3.63, 3.8) is 0 Å². The second-order valence-corrected chi connectivity index (χ2v) is 6.89. The zero-order valence-electron chi connectivity index (χ0n) is 15.0. The van der Waals surface area contributed by atoms with Crippen LogP contribution in [-0.2, 0) is 14.3 Å². The van der Waals surface area contributed by atoms with Gasteiger partial charge >= 0.3 is 0 Å². The van der Waals surface area contributed by atoms with Crippen LogP contribution in [0.1, 0.15) is 25.7 Å². The average molecular weight is 361 g/mol. The highest BCUT2D eigenvalue weighted by molar-refractivity contribution is 5.94. The first kappa shape index (κ1) is 18.7. The van der Waals surface area contributed by atoms with Crippen LogP contribution in [0, 0.1) is 5.92 Å². The molecule has 2 unspecified atom stereocenters. The van der Waals surface area contributed by atoms with E-state index in [1.165, 1.54) is 0 Å². The number of morpholine rings is 1. The zero-order valence-corrected chi connectivity index (χ0v) is 15.0. The van der Waals surface area contributed by atoms with E-state index in [0.717, 1.165) is 19.3 Å². The third-order valence-electron chi connectivity index (χ3n) is 4.95. The number of nitrogens with two attached hydrogens (primary N) is 1. The maximum Gasteiger partial charge on any atom is 0.260 e. The van der Waals surface area contributed by atoms with Crippen molar-refractivity contribution in [2.75, 3.05) is 38.2 Å². The number of nitrogens with zero attached hydrogens (tertiary/aromatic N) is 1. The summed E-state index contributed by atoms with van der Waals surface area (Å²) in [6.07, 6.45) is 3.53. The molecular formula is C19H27N3O4. The fourth-order valence-electron chi connectivity index (χ4n) is 3.44. The molecule has 1 aromatic carbocycles. The Labute approximate surface area is 153 Å². The second-order valence-electron chi connectivity index (χ2n) is 6.89. The van der Waals surface area contributed by atoms with E-state index in [4.69, 9.17) is 15.2 Å². The normalized spacial score (nSPS) is 23.3. The molecule has 0 spiro atoms. The van der Waals surface area contributed by atoms with Gasteiger partial charge in [0.1, 0.15) is 5.75 Å². The Morgan fingerprint density at radius 3 is 2.77 bits per heavy atom. The van der Waals surface area contributed by atoms with Gasteiger partial charge in [0.05, 0.1) is 18.9 Å². The fourth-order valence-corrected chi connectivity index (χ4v) is 3.44. The van der Waals surface area contributed by atoms with Gasteiger partial charge in [0.15, 0.2) is 6.61 Å². The first-order valence-corrected chi connectivity index (χ1v) is 9.27. The Morgan fingerprint density at radius 2 is 2.00 bits per heavy atom. The van der Waals surface area contributed by atoms with Gasteiger partial charge in [-0.2, -0.15) is 0 Å². The number of rotatable bonds is 5. The molecule has 142 valence electrons. The fraction of sp³-hybridized carbons (Fsp3) is 0.579. The SMILES string of the molecule is NC1CCCC(C(=O)Nc2ccccc2OCC(=O)N2CCOCC2)C1. The Balaban J connectivity index is 1.57. The van der Waals surface area contributed by atoms with Crippen LogP contribution < -0.4 is 15.8 Å². The highest BCUT2D eigenvalue weighted by atomic mass is 16.5. The summed E-state index contributed by atoms with van der Waals surface area (Å²) in [6, 6.07) is 7.29. The number of anilines is 1. The molecular weight excluding hydrogens is 334 g/mol. The molecule has 1 aliphatic heterocycles. The van der Waals surface area contributed by atoms with Crippen LogP contribution in [0.5, 0.6) is 5.75 Å². The number of hydrogen-bond donors (Lipinski definition) is 2. The van der Waals surface area contributed by atoms with Crippen molar-refractivity contribution in [2.24, 2.45) is 11.7 Å². The van der Waals surface area contributed by atoms with Crippen molar-refractivity contribution in [2.45, 2.75) is 31.7 Å². The van der Waals surface area contributed by atoms with Gasteiger partial charge in [-0.15, -0.1) is 0 Å². The van der Waals surface area contributed by atoms with Crippen molar-refractivity contribution in [3.05, 3.63) is 24.3 Å². The minimum atomic E-state index is -0.0762. The van der Waals surface area contributed by atoms with Crippen molar-refractivity contribution in [1.29, 1.82) is 0 Å². The largest absolute Gasteiger partial charge is 0.482 e. The molecule has 2 aliphatic rings. The molecule has 1 saturated carbocycles. The maximum atomic E-state index is 12.5. The number of carbonyl (C=O) groups excluding carboxylic acids is 2. The van der Waals surface area contributed by atoms with Crippen LogP contribution in [0.4, 0.5) is 5.69 Å². The van der Waals surface area contributed by atoms with Crippen LogP contribution in [-0.4, -0.2) is 55.7 Å². The number of nitrogens with one attached hydrogen (secondary N) is 1. The van der Waals surface area contributed by atoms with Crippen LogP contribution in [0.3, 0.4) is 0 Å². The summed E-state index contributed by atoms with van der Waals surface area (Å²) >= 11 is 0. The lowest BCUT2D eigenvalue weighted by Gasteiger charge is -2.27. The van der Waals surface area contributed by atoms with Gasteiger partial charge in [-0.25, -0.2) is 0 Å². The molecule has 1 saturated heterocycles. The molecule has 1 heterocycles. The van der Waals surface area contributed by atoms with Crippen LogP contribution >= 0.6 is 0 Å². The van der Waals surface area contributed by atoms with Crippen molar-refractivity contribution < 1.29 is 19.1 Å². The molecule has 2 amide bonds. The van der Waals surface area contributed by atoms with E-state index in [2.05, 4.69) is 5.32 Å². The molecule has 0 aromatic heterocycles. The Morgan fingerprint density at radius 1 is 1.23 bits per heavy atom. The summed E-state index contributed by atoms with van der Waals surface area (Å²) in [7, 11) is 0. The molecule has 1 aromatic rings. The molecule has 1 aliphatic carbocycles. The van der Waals surface area contributed by atoms with Gasteiger partial charge in [-0.1, -0.05) is 18.6 Å². The zero-order chi connectivity index (χ0) is 18.4. The summed E-state index contributed by atoms with van der Waals surface area (Å²) in [5.41, 5.74) is 6.57. The van der Waals surface area contributed by atoms with Crippen molar-refractivity contribution in [1.82, 2.24) is 4.90 Å². The maximum absolute atomic E-state index is 12.5. The summed E-state index contributed by atoms with van der Waals surface area (Å²) in [5.74, 6) is 0.327. The molecule has 7 nitrogen and oxygen atoms in total. The van der Waals surface area contributed by atoms with E-state index >= 15 is 0 Å². The van der Waals surface area contributed by atoms with Gasteiger partial charge in [-0.05, 0) is 31.4 Å². The first-order chi connectivity index (χ1) is 12.6. The van der Waals surface area contributed by atoms with Crippen molar-refractivity contribution in [3.8, 4) is 5.75 Å². The highest BCUT2D eigenvalue weighted by Crippen LogP contribution is 2.28. The Bertz CT molecular complexity index is 631. The van der Waals surface area contributed by atoms with Crippen LogP contribution in [0.15, 0.2) is 24.3 Å². The second kappa shape index (κ2) is 9.00. The van der Waals surface area contributed by atoms with E-state index in [9.17, 15) is 9.59 Å². The van der Waals surface area contributed by atoms with Gasteiger partial charge < -0.3 is 25.4 Å². The van der Waals surface area contributed by atoms with Crippen molar-refractivity contribution >= 4 is 17.5 Å². The Kier molecular flexibility index (Phi) is 6.46. The lowest BCUT2D eigenvalue weighted by Crippen LogP contribution is -2.43. The number of hydrogen-bond acceptors (Lipinski definition) is 5. The van der Waals surface area contributed by atoms with E-state index in [-0.39, 0.29) is 30.4 Å². The van der Waals surface area contributed by atoms with Gasteiger partial charge in [0, 0.05) is 25.0 Å². The van der Waals surface area contributed by atoms with E-state index in [1.807, 2.05) is 12.1 Å². The van der Waals surface area contributed by atoms with Gasteiger partial charge in [0.25, 0.3) is 5.91 Å². The molecule has 2 fully saturated rings. The summed E-state index contributed by atoms with van der Waals surface area (Å²) in [4.78, 5) is 26.5. The number of ether oxygens (including phenoxy) is 2. The van der Waals surface area contributed by atoms with Crippen LogP contribution in [0.2, 0.25) is 0 Å². The minimum absolute atomic E-state index is 0.0318. The smallest absolute Gasteiger partial charge is 0.260 e. The highest BCUT2D eigenvalue weighted by Gasteiger charge is 2.26. The Hall–Kier alpha value is -2.12. The quantitative estimate of drug-likeness (QED) is 0.826. The minimum Gasteiger partial charge on any atom is -0.482 e. The number of carbonyl (C=O) groups is 2. The van der Waals surface area contributed by atoms with E-state index < -0.39 is 0 Å². The van der Waals surface area contributed by atoms with E-state index in [0.29, 0.717) is 44.2 Å². The molecule has 26 heavy (non-hydrogen) atoms. The topological polar surface area (TPSA) is 93.9 Å². The summed E-state index contributed by atoms with van der Waals surface area (Å²) < 4.78 is 10.9. The molecule has 0 bridgehead atoms. The molecule has 2 atom stereocenters. The average Bonchev–Trinajstić information content (AvgIpc) is 2.67. The number of amides is 2. The predicted molar refractivity (Wildman–Crippen MR) is 97.9 cm³/mol. The third-order valence-corrected chi connectivity index (χ3v) is 4.95. The third kappa shape index (κ3) is 4.95. The van der Waals surface area contributed by atoms with Gasteiger partial charge in [-0.3, -0.25) is 9.59 Å². The lowest BCUT2D eigenvalue weighted by molar-refractivity contribution is -0.137. The monoisotopic (exact) mass is 361 g/mol. The number of benzene rings is 1.